The molecule has 176 valence electrons. The molecule has 10 heteroatoms. The first-order chi connectivity index (χ1) is 15.9. The zero-order chi connectivity index (χ0) is 24.7. The van der Waals surface area contributed by atoms with Crippen molar-refractivity contribution in [2.24, 2.45) is 0 Å². The number of nitrogens with one attached hydrogen (secondary N) is 1. The number of thiophene rings is 1. The van der Waals surface area contributed by atoms with Gasteiger partial charge in [0.2, 0.25) is 5.41 Å². The van der Waals surface area contributed by atoms with E-state index in [1.807, 2.05) is 24.3 Å². The van der Waals surface area contributed by atoms with E-state index >= 15 is 0 Å². The topological polar surface area (TPSA) is 55.1 Å². The summed E-state index contributed by atoms with van der Waals surface area (Å²) in [7, 11) is 0. The molecule has 0 atom stereocenters. The van der Waals surface area contributed by atoms with Crippen LogP contribution in [0.15, 0.2) is 78.9 Å². The van der Waals surface area contributed by atoms with Crippen molar-refractivity contribution in [1.82, 2.24) is 0 Å². The molecule has 0 saturated carbocycles. The number of hydrogen-bond donors (Lipinski definition) is 2. The van der Waals surface area contributed by atoms with E-state index in [9.17, 15) is 31.1 Å². The number of nitrogens with two attached hydrogens (primary N) is 1. The van der Waals surface area contributed by atoms with Crippen LogP contribution >= 0.6 is 11.3 Å². The van der Waals surface area contributed by atoms with Gasteiger partial charge in [-0.2, -0.15) is 26.3 Å². The number of alkyl halides is 6. The monoisotopic (exact) mass is 494 g/mol. The molecule has 0 saturated heterocycles. The van der Waals surface area contributed by atoms with E-state index in [0.29, 0.717) is 17.0 Å². The highest BCUT2D eigenvalue weighted by Crippen LogP contribution is 2.56. The number of fused-ring (bicyclic) bond motifs is 1. The highest BCUT2D eigenvalue weighted by atomic mass is 32.1. The Kier molecular flexibility index (Phi) is 5.80. The quantitative estimate of drug-likeness (QED) is 0.234. The zero-order valence-electron chi connectivity index (χ0n) is 17.2. The Morgan fingerprint density at radius 1 is 0.765 bits per heavy atom. The average molecular weight is 494 g/mol. The van der Waals surface area contributed by atoms with Crippen molar-refractivity contribution in [2.75, 3.05) is 11.1 Å². The number of halogens is 6. The molecule has 4 rings (SSSR count). The van der Waals surface area contributed by atoms with Crippen molar-refractivity contribution in [2.45, 2.75) is 17.8 Å². The van der Waals surface area contributed by atoms with E-state index in [2.05, 4.69) is 5.32 Å². The molecule has 0 aliphatic rings. The van der Waals surface area contributed by atoms with E-state index in [1.54, 1.807) is 6.07 Å². The number of benzene rings is 3. The van der Waals surface area contributed by atoms with Crippen LogP contribution in [0, 0.1) is 0 Å². The third-order valence-electron chi connectivity index (χ3n) is 5.42. The van der Waals surface area contributed by atoms with Crippen molar-refractivity contribution in [3.05, 3.63) is 94.9 Å². The molecule has 34 heavy (non-hydrogen) atoms. The summed E-state index contributed by atoms with van der Waals surface area (Å²) >= 11 is 1.22. The summed E-state index contributed by atoms with van der Waals surface area (Å²) in [5.41, 5.74) is -0.767. The van der Waals surface area contributed by atoms with Gasteiger partial charge in [-0.25, -0.2) is 0 Å². The molecule has 0 fully saturated rings. The summed E-state index contributed by atoms with van der Waals surface area (Å²) in [5, 5.41) is 3.36. The molecule has 1 aromatic heterocycles. The second-order valence-corrected chi connectivity index (χ2v) is 8.63. The van der Waals surface area contributed by atoms with Crippen molar-refractivity contribution in [1.29, 1.82) is 0 Å². The number of anilines is 2. The molecule has 3 nitrogen and oxygen atoms in total. The largest absolute Gasteiger partial charge is 0.411 e. The Morgan fingerprint density at radius 3 is 1.82 bits per heavy atom. The minimum atomic E-state index is -5.71. The molecule has 0 aliphatic heterocycles. The number of hydrogen-bond acceptors (Lipinski definition) is 3. The van der Waals surface area contributed by atoms with E-state index in [0.717, 1.165) is 46.5 Å². The third-order valence-corrected chi connectivity index (χ3v) is 6.53. The smallest absolute Gasteiger partial charge is 0.399 e. The summed E-state index contributed by atoms with van der Waals surface area (Å²) in [5.74, 6) is -0.523. The minimum absolute atomic E-state index is 0.0290. The summed E-state index contributed by atoms with van der Waals surface area (Å²) in [4.78, 5) is 12.9. The molecular weight excluding hydrogens is 478 g/mol. The molecule has 0 spiro atoms. The van der Waals surface area contributed by atoms with Crippen LogP contribution in [0.5, 0.6) is 0 Å². The van der Waals surface area contributed by atoms with E-state index in [-0.39, 0.29) is 11.4 Å². The van der Waals surface area contributed by atoms with Crippen LogP contribution in [0.25, 0.3) is 10.1 Å². The fourth-order valence-electron chi connectivity index (χ4n) is 3.81. The van der Waals surface area contributed by atoms with Crippen molar-refractivity contribution >= 4 is 38.7 Å². The number of carbonyl (C=O) groups excluding carboxylic acids is 1. The summed E-state index contributed by atoms with van der Waals surface area (Å²) in [6.07, 6.45) is -11.4. The van der Waals surface area contributed by atoms with Crippen LogP contribution in [0.4, 0.5) is 37.7 Å². The van der Waals surface area contributed by atoms with Gasteiger partial charge in [-0.15, -0.1) is 11.3 Å². The lowest BCUT2D eigenvalue weighted by Crippen LogP contribution is -2.54. The van der Waals surface area contributed by atoms with Crippen LogP contribution < -0.4 is 11.1 Å². The molecule has 1 heterocycles. The van der Waals surface area contributed by atoms with Gasteiger partial charge in [0, 0.05) is 16.1 Å². The van der Waals surface area contributed by atoms with Gasteiger partial charge < -0.3 is 11.1 Å². The Labute approximate surface area is 193 Å². The molecule has 0 bridgehead atoms. The molecule has 1 amide bonds. The van der Waals surface area contributed by atoms with Gasteiger partial charge in [-0.1, -0.05) is 42.5 Å². The average Bonchev–Trinajstić information content (AvgIpc) is 3.19. The normalized spacial score (nSPS) is 12.6. The second-order valence-electron chi connectivity index (χ2n) is 7.55. The molecule has 0 unspecified atom stereocenters. The van der Waals surface area contributed by atoms with Crippen LogP contribution in [-0.2, 0) is 5.41 Å². The van der Waals surface area contributed by atoms with Crippen LogP contribution in [0.3, 0.4) is 0 Å². The Morgan fingerprint density at radius 2 is 1.29 bits per heavy atom. The maximum absolute atomic E-state index is 14.2. The first kappa shape index (κ1) is 23.6. The fraction of sp³-hybridized carbons (Fsp3) is 0.125. The maximum atomic E-state index is 14.2. The SMILES string of the molecule is Nc1ccc(C(c2ccc(NC(=O)c3cc4ccccc4s3)cc2)(C(F)(F)F)C(F)(F)F)cc1. The van der Waals surface area contributed by atoms with Crippen molar-refractivity contribution < 1.29 is 31.1 Å². The standard InChI is InChI=1S/C24H16F6N2OS/c25-23(26,27)22(24(28,29)30,15-5-9-17(31)10-6-15)16-7-11-18(12-8-16)32-21(33)20-13-14-3-1-2-4-19(14)34-20/h1-13H,31H2,(H,32,33). The maximum Gasteiger partial charge on any atom is 0.411 e. The van der Waals surface area contributed by atoms with Crippen molar-refractivity contribution in [3.63, 3.8) is 0 Å². The van der Waals surface area contributed by atoms with Gasteiger partial charge in [0.05, 0.1) is 4.88 Å². The van der Waals surface area contributed by atoms with Gasteiger partial charge in [-0.3, -0.25) is 4.79 Å². The summed E-state index contributed by atoms with van der Waals surface area (Å²) in [6, 6.07) is 15.8. The molecule has 4 aromatic rings. The Hall–Kier alpha value is -3.53. The highest BCUT2D eigenvalue weighted by Gasteiger charge is 2.72. The lowest BCUT2D eigenvalue weighted by molar-refractivity contribution is -0.288. The molecular formula is C24H16F6N2OS. The molecule has 0 aliphatic carbocycles. The van der Waals surface area contributed by atoms with Crippen LogP contribution in [0.2, 0.25) is 0 Å². The lowest BCUT2D eigenvalue weighted by atomic mass is 9.73. The molecule has 0 radical (unpaired) electrons. The van der Waals surface area contributed by atoms with Crippen molar-refractivity contribution in [3.8, 4) is 0 Å². The van der Waals surface area contributed by atoms with Gasteiger partial charge in [0.1, 0.15) is 0 Å². The molecule has 3 N–H and O–H groups in total. The zero-order valence-corrected chi connectivity index (χ0v) is 18.0. The number of rotatable bonds is 4. The predicted octanol–water partition coefficient (Wildman–Crippen LogP) is 7.15. The van der Waals surface area contributed by atoms with E-state index in [4.69, 9.17) is 5.73 Å². The van der Waals surface area contributed by atoms with Gasteiger partial charge in [-0.05, 0) is 52.9 Å². The number of carbonyl (C=O) groups is 1. The van der Waals surface area contributed by atoms with Gasteiger partial charge in [0.25, 0.3) is 5.91 Å². The number of amides is 1. The highest BCUT2D eigenvalue weighted by molar-refractivity contribution is 7.20. The third kappa shape index (κ3) is 3.98. The second kappa shape index (κ2) is 8.35. The van der Waals surface area contributed by atoms with Gasteiger partial charge >= 0.3 is 12.4 Å². The van der Waals surface area contributed by atoms with Gasteiger partial charge in [0.15, 0.2) is 0 Å². The Balaban J connectivity index is 1.71. The number of nitrogen functional groups attached to an aromatic ring is 1. The first-order valence-corrected chi connectivity index (χ1v) is 10.6. The van der Waals surface area contributed by atoms with Crippen LogP contribution in [-0.4, -0.2) is 18.3 Å². The fourth-order valence-corrected chi connectivity index (χ4v) is 4.76. The lowest BCUT2D eigenvalue weighted by Gasteiger charge is -2.38. The Bertz CT molecular complexity index is 1280. The van der Waals surface area contributed by atoms with Crippen LogP contribution in [0.1, 0.15) is 20.8 Å². The summed E-state index contributed by atoms with van der Waals surface area (Å²) in [6.45, 7) is 0. The van der Waals surface area contributed by atoms with E-state index < -0.39 is 34.8 Å². The van der Waals surface area contributed by atoms with E-state index in [1.165, 1.54) is 11.3 Å². The summed E-state index contributed by atoms with van der Waals surface area (Å²) < 4.78 is 85.8. The first-order valence-electron chi connectivity index (χ1n) is 9.83. The predicted molar refractivity (Wildman–Crippen MR) is 120 cm³/mol. The molecule has 3 aromatic carbocycles. The minimum Gasteiger partial charge on any atom is -0.399 e.